The molecule has 4 atom stereocenters. The number of benzene rings is 1. The summed E-state index contributed by atoms with van der Waals surface area (Å²) in [5.74, 6) is -5.66. The van der Waals surface area contributed by atoms with Crippen LogP contribution in [0.4, 0.5) is 0 Å². The fraction of sp³-hybridized carbons (Fsp3) is 0.448. The Morgan fingerprint density at radius 2 is 1.72 bits per heavy atom. The van der Waals surface area contributed by atoms with Crippen LogP contribution in [-0.4, -0.2) is 94.7 Å². The van der Waals surface area contributed by atoms with E-state index in [9.17, 15) is 34.2 Å². The largest absolute Gasteiger partial charge is 0.552 e. The summed E-state index contributed by atoms with van der Waals surface area (Å²) in [6.07, 6.45) is -2.60. The second kappa shape index (κ2) is 14.3. The van der Waals surface area contributed by atoms with Gasteiger partial charge in [0.05, 0.1) is 30.6 Å². The molecule has 0 saturated carbocycles. The van der Waals surface area contributed by atoms with E-state index < -0.39 is 73.3 Å². The Bertz CT molecular complexity index is 1330. The number of amides is 3. The fourth-order valence-electron chi connectivity index (χ4n) is 4.78. The third-order valence-electron chi connectivity index (χ3n) is 6.74. The average molecular weight is 596 g/mol. The first kappa shape index (κ1) is 33.2. The van der Waals surface area contributed by atoms with E-state index in [0.29, 0.717) is 5.69 Å². The van der Waals surface area contributed by atoms with Gasteiger partial charge in [0.2, 0.25) is 5.91 Å². The summed E-state index contributed by atoms with van der Waals surface area (Å²) in [4.78, 5) is 69.5. The van der Waals surface area contributed by atoms with Gasteiger partial charge in [0.1, 0.15) is 11.7 Å². The summed E-state index contributed by atoms with van der Waals surface area (Å²) >= 11 is 0. The maximum atomic E-state index is 13.5. The number of aromatic nitrogens is 1. The summed E-state index contributed by atoms with van der Waals surface area (Å²) in [6, 6.07) is 12.6. The molecule has 3 unspecified atom stereocenters. The number of hydrogen-bond donors (Lipinski definition) is 4. The number of nitrogens with one attached hydrogen (secondary N) is 2. The lowest BCUT2D eigenvalue weighted by Crippen LogP contribution is -2.64. The molecule has 3 amide bonds. The number of aliphatic hydroxyl groups is 1. The maximum absolute atomic E-state index is 13.5. The first-order valence-corrected chi connectivity index (χ1v) is 13.8. The van der Waals surface area contributed by atoms with Crippen molar-refractivity contribution in [2.75, 3.05) is 14.1 Å². The molecule has 0 spiro atoms. The summed E-state index contributed by atoms with van der Waals surface area (Å²) in [7, 11) is 1.28. The zero-order valence-electron chi connectivity index (χ0n) is 24.8. The highest BCUT2D eigenvalue weighted by atomic mass is 16.6. The molecule has 3 rings (SSSR count). The van der Waals surface area contributed by atoms with Gasteiger partial charge in [-0.25, -0.2) is 4.98 Å². The molecule has 43 heavy (non-hydrogen) atoms. The van der Waals surface area contributed by atoms with Crippen LogP contribution in [0.25, 0.3) is 11.3 Å². The second-order valence-electron chi connectivity index (χ2n) is 11.1. The molecular weight excluding hydrogens is 559 g/mol. The molecule has 13 nitrogen and oxygen atoms in total. The van der Waals surface area contributed by atoms with Crippen LogP contribution < -0.4 is 10.6 Å². The molecular formula is C29H37BN4O9. The van der Waals surface area contributed by atoms with Crippen molar-refractivity contribution in [1.82, 2.24) is 20.5 Å². The number of hydrogen-bond acceptors (Lipinski definition) is 9. The quantitative estimate of drug-likeness (QED) is 0.258. The second-order valence-corrected chi connectivity index (χ2v) is 11.1. The Balaban J connectivity index is 1.84. The number of nitrogens with zero attached hydrogens (tertiary/aromatic N) is 2. The average Bonchev–Trinajstić information content (AvgIpc) is 2.94. The molecule has 1 aromatic carbocycles. The number of carbonyl (C=O) groups is 5. The molecule has 2 aromatic rings. The van der Waals surface area contributed by atoms with Crippen molar-refractivity contribution in [3.63, 3.8) is 0 Å². The third kappa shape index (κ3) is 8.61. The third-order valence-corrected chi connectivity index (χ3v) is 6.74. The Morgan fingerprint density at radius 1 is 1.05 bits per heavy atom. The van der Waals surface area contributed by atoms with Crippen LogP contribution in [0.5, 0.6) is 0 Å². The number of carboxylic acids is 1. The minimum atomic E-state index is -2.05. The molecule has 230 valence electrons. The van der Waals surface area contributed by atoms with Gasteiger partial charge in [-0.2, -0.15) is 0 Å². The predicted molar refractivity (Wildman–Crippen MR) is 155 cm³/mol. The number of rotatable bonds is 12. The van der Waals surface area contributed by atoms with E-state index in [0.717, 1.165) is 10.5 Å². The molecule has 2 heterocycles. The minimum absolute atomic E-state index is 0.0173. The SMILES string of the molecule is CC(C)CC(NC(=O)C(NC(=O)c1cccc(-c2ccccc2)n1)C(C)O)B1OC(=O)C[C@](CC(=O)O)(C(=O)N(C)C)O1. The smallest absolute Gasteiger partial charge is 0.508 e. The van der Waals surface area contributed by atoms with Crippen molar-refractivity contribution in [2.24, 2.45) is 5.92 Å². The van der Waals surface area contributed by atoms with Crippen LogP contribution in [0, 0.1) is 5.92 Å². The van der Waals surface area contributed by atoms with Crippen molar-refractivity contribution in [2.45, 2.75) is 63.7 Å². The Morgan fingerprint density at radius 3 is 2.30 bits per heavy atom. The Kier molecular flexibility index (Phi) is 11.0. The van der Waals surface area contributed by atoms with E-state index in [1.165, 1.54) is 27.1 Å². The van der Waals surface area contributed by atoms with Crippen molar-refractivity contribution in [3.8, 4) is 11.3 Å². The first-order valence-electron chi connectivity index (χ1n) is 13.8. The molecule has 1 aromatic heterocycles. The van der Waals surface area contributed by atoms with Crippen LogP contribution in [0.3, 0.4) is 0 Å². The van der Waals surface area contributed by atoms with Crippen molar-refractivity contribution < 1.29 is 43.5 Å². The lowest BCUT2D eigenvalue weighted by atomic mass is 9.70. The lowest BCUT2D eigenvalue weighted by Gasteiger charge is -2.40. The number of carbonyl (C=O) groups excluding carboxylic acids is 4. The number of pyridine rings is 1. The van der Waals surface area contributed by atoms with Gasteiger partial charge in [0.25, 0.3) is 17.8 Å². The van der Waals surface area contributed by atoms with Crippen LogP contribution in [0.1, 0.15) is 50.5 Å². The zero-order valence-corrected chi connectivity index (χ0v) is 24.8. The lowest BCUT2D eigenvalue weighted by molar-refractivity contribution is -0.169. The molecule has 1 fully saturated rings. The number of aliphatic carboxylic acids is 1. The highest BCUT2D eigenvalue weighted by molar-refractivity contribution is 6.50. The van der Waals surface area contributed by atoms with E-state index in [-0.39, 0.29) is 18.0 Å². The van der Waals surface area contributed by atoms with Crippen LogP contribution in [-0.2, 0) is 28.5 Å². The molecule has 4 N–H and O–H groups in total. The zero-order chi connectivity index (χ0) is 31.9. The molecule has 1 aliphatic rings. The molecule has 0 aliphatic carbocycles. The maximum Gasteiger partial charge on any atom is 0.552 e. The minimum Gasteiger partial charge on any atom is -0.508 e. The van der Waals surface area contributed by atoms with Gasteiger partial charge < -0.3 is 35.1 Å². The Hall–Kier alpha value is -4.30. The van der Waals surface area contributed by atoms with E-state index in [4.69, 9.17) is 9.31 Å². The Labute approximate surface area is 250 Å². The van der Waals surface area contributed by atoms with Crippen LogP contribution in [0.15, 0.2) is 48.5 Å². The molecule has 1 saturated heterocycles. The summed E-state index contributed by atoms with van der Waals surface area (Å²) in [5, 5.41) is 25.1. The monoisotopic (exact) mass is 596 g/mol. The van der Waals surface area contributed by atoms with Gasteiger partial charge in [0.15, 0.2) is 5.60 Å². The fourth-order valence-corrected chi connectivity index (χ4v) is 4.78. The normalized spacial score (nSPS) is 18.7. The first-order chi connectivity index (χ1) is 20.2. The van der Waals surface area contributed by atoms with Gasteiger partial charge in [-0.1, -0.05) is 50.2 Å². The molecule has 1 aliphatic heterocycles. The molecule has 0 radical (unpaired) electrons. The van der Waals surface area contributed by atoms with Gasteiger partial charge >= 0.3 is 13.1 Å². The summed E-state index contributed by atoms with van der Waals surface area (Å²) in [5.41, 5.74) is -0.713. The van der Waals surface area contributed by atoms with Crippen molar-refractivity contribution in [1.29, 1.82) is 0 Å². The topological polar surface area (TPSA) is 184 Å². The number of aliphatic hydroxyl groups excluding tert-OH is 1. The van der Waals surface area contributed by atoms with Crippen LogP contribution in [0.2, 0.25) is 0 Å². The van der Waals surface area contributed by atoms with Gasteiger partial charge in [0, 0.05) is 19.7 Å². The predicted octanol–water partition coefficient (Wildman–Crippen LogP) is 1.05. The van der Waals surface area contributed by atoms with E-state index in [2.05, 4.69) is 15.6 Å². The van der Waals surface area contributed by atoms with E-state index >= 15 is 0 Å². The number of carboxylic acid groups (broad SMARTS) is 1. The van der Waals surface area contributed by atoms with E-state index in [1.54, 1.807) is 12.1 Å². The molecule has 0 bridgehead atoms. The van der Waals surface area contributed by atoms with Gasteiger partial charge in [-0.05, 0) is 31.4 Å². The van der Waals surface area contributed by atoms with Gasteiger partial charge in [-0.3, -0.25) is 24.0 Å². The van der Waals surface area contributed by atoms with Crippen LogP contribution >= 0.6 is 0 Å². The number of likely N-dealkylation sites (N-methyl/N-ethyl adjacent to an activating group) is 1. The highest BCUT2D eigenvalue weighted by Gasteiger charge is 2.55. The highest BCUT2D eigenvalue weighted by Crippen LogP contribution is 2.31. The summed E-state index contributed by atoms with van der Waals surface area (Å²) in [6.45, 7) is 4.98. The molecule has 14 heteroatoms. The van der Waals surface area contributed by atoms with E-state index in [1.807, 2.05) is 44.2 Å². The van der Waals surface area contributed by atoms with Crippen molar-refractivity contribution in [3.05, 3.63) is 54.2 Å². The van der Waals surface area contributed by atoms with Crippen molar-refractivity contribution >= 4 is 36.8 Å². The summed E-state index contributed by atoms with van der Waals surface area (Å²) < 4.78 is 11.3. The van der Waals surface area contributed by atoms with Gasteiger partial charge in [-0.15, -0.1) is 0 Å². The standard InChI is InChI=1S/C29H37BN4O9/c1-17(2)14-22(30-42-24(38)16-29(43-30,15-23(36)37)28(41)34(4)5)32-27(40)25(18(3)35)33-26(39)21-13-9-12-20(31-21)19-10-7-6-8-11-19/h6-13,17-18,22,25,35H,14-16H2,1-5H3,(H,32,40)(H,33,39)(H,36,37)/t18?,22?,25?,29-/m1/s1.